The second kappa shape index (κ2) is 20.4. The van der Waals surface area contributed by atoms with Crippen molar-refractivity contribution in [3.05, 3.63) is 82.9 Å². The normalized spacial score (nSPS) is 12.3. The highest BCUT2D eigenvalue weighted by Crippen LogP contribution is 2.38. The fraction of sp³-hybridized carbons (Fsp3) is 0.476. The number of alkyl halides is 2. The first-order valence-electron chi connectivity index (χ1n) is 19.1. The van der Waals surface area contributed by atoms with Crippen molar-refractivity contribution in [2.75, 3.05) is 64.2 Å². The molecule has 0 heterocycles. The quantitative estimate of drug-likeness (QED) is 0.0561. The molecule has 56 heavy (non-hydrogen) atoms. The topological polar surface area (TPSA) is 112 Å². The van der Waals surface area contributed by atoms with Crippen molar-refractivity contribution in [2.45, 2.75) is 77.0 Å². The van der Waals surface area contributed by atoms with Gasteiger partial charge in [-0.15, -0.1) is 23.2 Å². The van der Waals surface area contributed by atoms with Crippen molar-refractivity contribution < 1.29 is 34.7 Å². The number of aryl methyl sites for hydroxylation is 2. The van der Waals surface area contributed by atoms with E-state index < -0.39 is 20.2 Å². The average molecular weight is 852 g/mol. The van der Waals surface area contributed by atoms with Crippen molar-refractivity contribution >= 4 is 54.2 Å². The molecule has 4 aromatic rings. The van der Waals surface area contributed by atoms with Crippen LogP contribution in [0, 0.1) is 13.8 Å². The summed E-state index contributed by atoms with van der Waals surface area (Å²) in [6, 6.07) is 15.9. The van der Waals surface area contributed by atoms with E-state index in [1.807, 2.05) is 27.7 Å². The van der Waals surface area contributed by atoms with E-state index in [4.69, 9.17) is 41.0 Å². The lowest BCUT2D eigenvalue weighted by Crippen LogP contribution is -2.30. The number of nitrogens with zero attached hydrogens (tertiary/aromatic N) is 2. The van der Waals surface area contributed by atoms with Crippen LogP contribution in [0.15, 0.2) is 70.5 Å². The number of halogens is 2. The van der Waals surface area contributed by atoms with E-state index in [-0.39, 0.29) is 43.9 Å². The maximum atomic E-state index is 14.0. The Morgan fingerprint density at radius 3 is 1.27 bits per heavy atom. The van der Waals surface area contributed by atoms with E-state index in [0.29, 0.717) is 60.7 Å². The van der Waals surface area contributed by atoms with Crippen LogP contribution < -0.4 is 17.8 Å². The van der Waals surface area contributed by atoms with Crippen LogP contribution in [-0.2, 0) is 20.2 Å². The van der Waals surface area contributed by atoms with Crippen LogP contribution in [0.3, 0.4) is 0 Å². The van der Waals surface area contributed by atoms with E-state index in [0.717, 1.165) is 37.3 Å². The van der Waals surface area contributed by atoms with Crippen molar-refractivity contribution in [3.8, 4) is 23.0 Å². The number of rotatable bonds is 22. The third-order valence-corrected chi connectivity index (χ3v) is 12.6. The van der Waals surface area contributed by atoms with Gasteiger partial charge in [0.15, 0.2) is 0 Å². The molecule has 0 saturated heterocycles. The highest BCUT2D eigenvalue weighted by atomic mass is 35.5. The van der Waals surface area contributed by atoms with E-state index in [9.17, 15) is 16.8 Å². The van der Waals surface area contributed by atoms with Crippen molar-refractivity contribution in [1.82, 2.24) is 9.80 Å². The van der Waals surface area contributed by atoms with E-state index in [1.54, 1.807) is 50.2 Å². The van der Waals surface area contributed by atoms with E-state index >= 15 is 0 Å². The van der Waals surface area contributed by atoms with Gasteiger partial charge in [-0.1, -0.05) is 65.8 Å². The summed E-state index contributed by atoms with van der Waals surface area (Å²) < 4.78 is 79.9. The molecule has 0 saturated carbocycles. The van der Waals surface area contributed by atoms with Gasteiger partial charge in [-0.05, 0) is 86.3 Å². The zero-order chi connectivity index (χ0) is 41.2. The lowest BCUT2D eigenvalue weighted by molar-refractivity contribution is 0.222. The number of ether oxygens (including phenoxy) is 2. The third-order valence-electron chi connectivity index (χ3n) is 9.66. The molecule has 0 bridgehead atoms. The monoisotopic (exact) mass is 850 g/mol. The summed E-state index contributed by atoms with van der Waals surface area (Å²) in [6.45, 7) is 21.1. The van der Waals surface area contributed by atoms with Gasteiger partial charge in [0.25, 0.3) is 0 Å². The van der Waals surface area contributed by atoms with Gasteiger partial charge < -0.3 is 17.8 Å². The predicted octanol–water partition coefficient (Wildman–Crippen LogP) is 9.12. The molecule has 0 amide bonds. The largest absolute Gasteiger partial charge is 0.492 e. The molecule has 14 heteroatoms. The summed E-state index contributed by atoms with van der Waals surface area (Å²) in [6.07, 6.45) is 0. The lowest BCUT2D eigenvalue weighted by atomic mass is 10.00. The molecule has 0 N–H and O–H groups in total. The molecular formula is C42H56Cl2N2O8S2. The molecular weight excluding hydrogens is 796 g/mol. The minimum absolute atomic E-state index is 0.00747. The van der Waals surface area contributed by atoms with Crippen LogP contribution in [-0.4, -0.2) is 90.9 Å². The first kappa shape index (κ1) is 45.4. The molecule has 10 nitrogen and oxygen atoms in total. The summed E-state index contributed by atoms with van der Waals surface area (Å²) in [4.78, 5) is 4.03. The molecule has 0 fully saturated rings. The van der Waals surface area contributed by atoms with Crippen LogP contribution in [0.25, 0.3) is 10.8 Å². The van der Waals surface area contributed by atoms with Gasteiger partial charge in [0.2, 0.25) is 0 Å². The molecule has 4 rings (SSSR count). The van der Waals surface area contributed by atoms with Crippen molar-refractivity contribution in [3.63, 3.8) is 0 Å². The lowest BCUT2D eigenvalue weighted by Gasteiger charge is -2.22. The van der Waals surface area contributed by atoms with Crippen LogP contribution in [0.5, 0.6) is 23.0 Å². The maximum absolute atomic E-state index is 14.0. The number of likely N-dealkylation sites (N-methyl/N-ethyl adjacent to an activating group) is 2. The standard InChI is InChI=1S/C42H56Cl2N2O8S2/c1-9-45(19-17-43)21-23-51-39-25-31(7)37(27-35(39)29(3)4)53-55(47,48)41-15-11-14-34-33(41)13-12-16-42(34)56(49,50)54-38-28-36(30(5)6)40(26-32(38)8)52-24-22-46(10-2)20-18-44/h11-16,25-30H,9-10,17-24H2,1-8H3. The first-order valence-corrected chi connectivity index (χ1v) is 23.0. The van der Waals surface area contributed by atoms with Gasteiger partial charge in [-0.25, -0.2) is 0 Å². The first-order chi connectivity index (χ1) is 26.6. The molecule has 0 aliphatic heterocycles. The molecule has 0 aromatic heterocycles. The maximum Gasteiger partial charge on any atom is 0.339 e. The van der Waals surface area contributed by atoms with Gasteiger partial charge in [-0.3, -0.25) is 9.80 Å². The Labute approximate surface area is 344 Å². The van der Waals surface area contributed by atoms with Crippen LogP contribution in [0.1, 0.15) is 75.6 Å². The van der Waals surface area contributed by atoms with E-state index in [1.165, 1.54) is 24.3 Å². The summed E-state index contributed by atoms with van der Waals surface area (Å²) in [5, 5.41) is 0.352. The smallest absolute Gasteiger partial charge is 0.339 e. The highest BCUT2D eigenvalue weighted by Gasteiger charge is 2.27. The third kappa shape index (κ3) is 11.4. The van der Waals surface area contributed by atoms with Crippen molar-refractivity contribution in [1.29, 1.82) is 0 Å². The molecule has 308 valence electrons. The van der Waals surface area contributed by atoms with Gasteiger partial charge >= 0.3 is 20.2 Å². The summed E-state index contributed by atoms with van der Waals surface area (Å²) in [5.74, 6) is 2.71. The fourth-order valence-corrected chi connectivity index (χ4v) is 9.24. The summed E-state index contributed by atoms with van der Waals surface area (Å²) >= 11 is 11.9. The van der Waals surface area contributed by atoms with Crippen LogP contribution in [0.4, 0.5) is 0 Å². The molecule has 0 radical (unpaired) electrons. The minimum atomic E-state index is -4.44. The minimum Gasteiger partial charge on any atom is -0.492 e. The summed E-state index contributed by atoms with van der Waals surface area (Å²) in [7, 11) is -8.88. The molecule has 4 aromatic carbocycles. The molecule has 0 spiro atoms. The van der Waals surface area contributed by atoms with Gasteiger partial charge in [-0.2, -0.15) is 16.8 Å². The molecule has 0 unspecified atom stereocenters. The Morgan fingerprint density at radius 1 is 0.571 bits per heavy atom. The Bertz CT molecular complexity index is 2010. The predicted molar refractivity (Wildman–Crippen MR) is 227 cm³/mol. The fourth-order valence-electron chi connectivity index (χ4n) is 6.37. The van der Waals surface area contributed by atoms with Crippen LogP contribution in [0.2, 0.25) is 0 Å². The summed E-state index contributed by atoms with van der Waals surface area (Å²) in [5.41, 5.74) is 2.73. The number of fused-ring (bicyclic) bond motifs is 1. The highest BCUT2D eigenvalue weighted by molar-refractivity contribution is 7.87. The number of hydrogen-bond acceptors (Lipinski definition) is 10. The zero-order valence-corrected chi connectivity index (χ0v) is 36.9. The van der Waals surface area contributed by atoms with Crippen LogP contribution >= 0.6 is 23.2 Å². The number of benzene rings is 4. The SMILES string of the molecule is CCN(CCCl)CCOc1cc(C)c(OS(=O)(=O)c2cccc3c(S(=O)(=O)Oc4cc(C(C)C)c(OCCN(CC)CCCl)cc4C)cccc23)cc1C(C)C. The zero-order valence-electron chi connectivity index (χ0n) is 33.7. The second-order valence-corrected chi connectivity index (χ2v) is 18.0. The number of hydrogen-bond donors (Lipinski definition) is 0. The van der Waals surface area contributed by atoms with Gasteiger partial charge in [0.05, 0.1) is 0 Å². The Kier molecular flexibility index (Phi) is 16.6. The molecule has 0 aliphatic carbocycles. The Balaban J connectivity index is 1.63. The van der Waals surface area contributed by atoms with Crippen molar-refractivity contribution in [2.24, 2.45) is 0 Å². The Hall–Kier alpha value is -3.26. The molecule has 0 aliphatic rings. The Morgan fingerprint density at radius 2 is 0.946 bits per heavy atom. The molecule has 0 atom stereocenters. The average Bonchev–Trinajstić information content (AvgIpc) is 3.15. The second-order valence-electron chi connectivity index (χ2n) is 14.2. The van der Waals surface area contributed by atoms with E-state index in [2.05, 4.69) is 23.6 Å². The van der Waals surface area contributed by atoms with Gasteiger partial charge in [0.1, 0.15) is 46.0 Å². The van der Waals surface area contributed by atoms with Gasteiger partial charge in [0, 0.05) is 59.8 Å².